The van der Waals surface area contributed by atoms with Crippen LogP contribution in [0.3, 0.4) is 0 Å². The summed E-state index contributed by atoms with van der Waals surface area (Å²) in [5, 5.41) is 0. The van der Waals surface area contributed by atoms with E-state index in [-0.39, 0.29) is 11.9 Å². The van der Waals surface area contributed by atoms with Crippen molar-refractivity contribution < 1.29 is 19.1 Å². The lowest BCUT2D eigenvalue weighted by Gasteiger charge is -2.31. The van der Waals surface area contributed by atoms with Crippen molar-refractivity contribution in [1.82, 2.24) is 0 Å². The molecular formula is C41H76O4. The predicted molar refractivity (Wildman–Crippen MR) is 195 cm³/mol. The Bertz CT molecular complexity index is 723. The van der Waals surface area contributed by atoms with Gasteiger partial charge in [0.05, 0.1) is 0 Å². The van der Waals surface area contributed by atoms with Crippen molar-refractivity contribution in [1.29, 1.82) is 0 Å². The Hall–Kier alpha value is -1.58. The van der Waals surface area contributed by atoms with Crippen LogP contribution in [0.2, 0.25) is 0 Å². The standard InChI is InChI=1S/C41H76O4/c1-6-8-10-12-14-16-18-20-22-24-26-28-30-32-34-36-39(42)44-38(3)41(4,5)45-40(43)37-35-33-31-29-27-25-23-21-19-17-15-13-11-9-7-2/h20-23,38H,6-19,24-37H2,1-5H3/b22-20-,23-21-. The maximum atomic E-state index is 12.4. The number of carbonyl (C=O) groups excluding carboxylic acids is 2. The van der Waals surface area contributed by atoms with Gasteiger partial charge in [0.15, 0.2) is 0 Å². The highest BCUT2D eigenvalue weighted by Gasteiger charge is 2.32. The Balaban J connectivity index is 3.73. The van der Waals surface area contributed by atoms with E-state index in [4.69, 9.17) is 9.47 Å². The molecule has 0 aromatic heterocycles. The van der Waals surface area contributed by atoms with Crippen molar-refractivity contribution in [3.8, 4) is 0 Å². The molecule has 0 aliphatic rings. The molecule has 0 aromatic carbocycles. The summed E-state index contributed by atoms with van der Waals surface area (Å²) < 4.78 is 11.4. The average molecular weight is 633 g/mol. The molecule has 45 heavy (non-hydrogen) atoms. The third-order valence-corrected chi connectivity index (χ3v) is 8.95. The second-order valence-corrected chi connectivity index (χ2v) is 13.9. The second-order valence-electron chi connectivity index (χ2n) is 13.9. The van der Waals surface area contributed by atoms with E-state index in [2.05, 4.69) is 38.2 Å². The molecule has 264 valence electrons. The van der Waals surface area contributed by atoms with Gasteiger partial charge in [-0.2, -0.15) is 0 Å². The van der Waals surface area contributed by atoms with Crippen molar-refractivity contribution in [3.05, 3.63) is 24.3 Å². The van der Waals surface area contributed by atoms with Crippen LogP contribution < -0.4 is 0 Å². The highest BCUT2D eigenvalue weighted by atomic mass is 16.6. The van der Waals surface area contributed by atoms with E-state index in [0.29, 0.717) is 12.8 Å². The van der Waals surface area contributed by atoms with Crippen LogP contribution in [0.5, 0.6) is 0 Å². The SMILES string of the molecule is CCCCCCCC/C=C\CCCCCCCC(=O)OC(C)C(C)(C)OC(=O)CCCCCCC/C=C\CCCCCCCC. The largest absolute Gasteiger partial charge is 0.458 e. The molecule has 0 bridgehead atoms. The van der Waals surface area contributed by atoms with Gasteiger partial charge in [0.1, 0.15) is 11.7 Å². The summed E-state index contributed by atoms with van der Waals surface area (Å²) in [7, 11) is 0. The van der Waals surface area contributed by atoms with E-state index in [1.54, 1.807) is 0 Å². The molecule has 0 spiro atoms. The topological polar surface area (TPSA) is 52.6 Å². The Morgan fingerprint density at radius 3 is 1.18 bits per heavy atom. The van der Waals surface area contributed by atoms with Gasteiger partial charge < -0.3 is 9.47 Å². The number of hydrogen-bond acceptors (Lipinski definition) is 4. The monoisotopic (exact) mass is 633 g/mol. The molecule has 4 heteroatoms. The van der Waals surface area contributed by atoms with E-state index in [0.717, 1.165) is 38.5 Å². The van der Waals surface area contributed by atoms with Crippen LogP contribution in [-0.4, -0.2) is 23.6 Å². The smallest absolute Gasteiger partial charge is 0.306 e. The minimum absolute atomic E-state index is 0.193. The number of unbranched alkanes of at least 4 members (excludes halogenated alkanes) is 22. The molecule has 0 radical (unpaired) electrons. The molecule has 0 N–H and O–H groups in total. The molecule has 0 saturated heterocycles. The summed E-state index contributed by atoms with van der Waals surface area (Å²) in [5.41, 5.74) is -0.822. The number of ether oxygens (including phenoxy) is 2. The minimum atomic E-state index is -0.822. The van der Waals surface area contributed by atoms with Crippen LogP contribution in [0, 0.1) is 0 Å². The fraction of sp³-hybridized carbons (Fsp3) is 0.854. The maximum Gasteiger partial charge on any atom is 0.306 e. The van der Waals surface area contributed by atoms with Gasteiger partial charge in [-0.05, 0) is 85.0 Å². The lowest BCUT2D eigenvalue weighted by atomic mass is 10.0. The van der Waals surface area contributed by atoms with Crippen molar-refractivity contribution >= 4 is 11.9 Å². The number of allylic oxidation sites excluding steroid dienone is 4. The highest BCUT2D eigenvalue weighted by molar-refractivity contribution is 5.71. The third kappa shape index (κ3) is 30.8. The lowest BCUT2D eigenvalue weighted by molar-refractivity contribution is -0.179. The van der Waals surface area contributed by atoms with Crippen LogP contribution in [-0.2, 0) is 19.1 Å². The van der Waals surface area contributed by atoms with Crippen molar-refractivity contribution in [3.63, 3.8) is 0 Å². The molecule has 1 atom stereocenters. The fourth-order valence-corrected chi connectivity index (χ4v) is 5.51. The molecule has 0 aliphatic heterocycles. The third-order valence-electron chi connectivity index (χ3n) is 8.95. The van der Waals surface area contributed by atoms with E-state index in [1.807, 2.05) is 20.8 Å². The van der Waals surface area contributed by atoms with Gasteiger partial charge in [-0.25, -0.2) is 0 Å². The van der Waals surface area contributed by atoms with E-state index in [9.17, 15) is 9.59 Å². The van der Waals surface area contributed by atoms with Gasteiger partial charge in [-0.1, -0.05) is 141 Å². The van der Waals surface area contributed by atoms with Crippen molar-refractivity contribution in [2.75, 3.05) is 0 Å². The number of rotatable bonds is 33. The molecule has 1 unspecified atom stereocenters. The highest BCUT2D eigenvalue weighted by Crippen LogP contribution is 2.21. The van der Waals surface area contributed by atoms with Crippen molar-refractivity contribution in [2.24, 2.45) is 0 Å². The summed E-state index contributed by atoms with van der Waals surface area (Å²) in [4.78, 5) is 24.8. The summed E-state index contributed by atoms with van der Waals surface area (Å²) in [6.07, 6.45) is 41.9. The zero-order valence-corrected chi connectivity index (χ0v) is 30.8. The summed E-state index contributed by atoms with van der Waals surface area (Å²) >= 11 is 0. The first-order chi connectivity index (χ1) is 21.8. The summed E-state index contributed by atoms with van der Waals surface area (Å²) in [5.74, 6) is -0.390. The Morgan fingerprint density at radius 2 is 0.800 bits per heavy atom. The Morgan fingerprint density at radius 1 is 0.489 bits per heavy atom. The molecule has 0 fully saturated rings. The Labute approximate surface area is 281 Å². The van der Waals surface area contributed by atoms with Gasteiger partial charge in [0.2, 0.25) is 0 Å². The summed E-state index contributed by atoms with van der Waals surface area (Å²) in [6, 6.07) is 0. The van der Waals surface area contributed by atoms with E-state index in [1.165, 1.54) is 128 Å². The van der Waals surface area contributed by atoms with Gasteiger partial charge in [-0.3, -0.25) is 9.59 Å². The van der Waals surface area contributed by atoms with Gasteiger partial charge in [0.25, 0.3) is 0 Å². The fourth-order valence-electron chi connectivity index (χ4n) is 5.51. The first-order valence-electron chi connectivity index (χ1n) is 19.5. The maximum absolute atomic E-state index is 12.4. The number of esters is 2. The van der Waals surface area contributed by atoms with Crippen LogP contribution in [0.1, 0.15) is 214 Å². The van der Waals surface area contributed by atoms with Crippen LogP contribution in [0.15, 0.2) is 24.3 Å². The zero-order valence-electron chi connectivity index (χ0n) is 30.8. The average Bonchev–Trinajstić information content (AvgIpc) is 3.00. The van der Waals surface area contributed by atoms with E-state index < -0.39 is 11.7 Å². The Kier molecular flexibility index (Phi) is 31.2. The summed E-state index contributed by atoms with van der Waals surface area (Å²) in [6.45, 7) is 10.0. The minimum Gasteiger partial charge on any atom is -0.458 e. The first kappa shape index (κ1) is 43.4. The van der Waals surface area contributed by atoms with Gasteiger partial charge in [0, 0.05) is 12.8 Å². The molecule has 0 heterocycles. The number of hydrogen-bond donors (Lipinski definition) is 0. The predicted octanol–water partition coefficient (Wildman–Crippen LogP) is 13.3. The molecule has 0 rings (SSSR count). The molecule has 4 nitrogen and oxygen atoms in total. The van der Waals surface area contributed by atoms with Crippen LogP contribution in [0.25, 0.3) is 0 Å². The van der Waals surface area contributed by atoms with Crippen molar-refractivity contribution in [2.45, 2.75) is 226 Å². The normalized spacial score (nSPS) is 12.7. The molecule has 0 aromatic rings. The van der Waals surface area contributed by atoms with Crippen LogP contribution in [0.4, 0.5) is 0 Å². The van der Waals surface area contributed by atoms with Crippen LogP contribution >= 0.6 is 0 Å². The second kappa shape index (κ2) is 32.4. The lowest BCUT2D eigenvalue weighted by Crippen LogP contribution is -2.41. The van der Waals surface area contributed by atoms with Gasteiger partial charge in [-0.15, -0.1) is 0 Å². The van der Waals surface area contributed by atoms with Gasteiger partial charge >= 0.3 is 11.9 Å². The molecular weight excluding hydrogens is 556 g/mol. The molecule has 0 aliphatic carbocycles. The number of carbonyl (C=O) groups is 2. The first-order valence-corrected chi connectivity index (χ1v) is 19.5. The van der Waals surface area contributed by atoms with E-state index >= 15 is 0 Å². The quantitative estimate of drug-likeness (QED) is 0.0410. The zero-order chi connectivity index (χ0) is 33.3. The molecule has 0 amide bonds. The molecule has 0 saturated carbocycles.